The van der Waals surface area contributed by atoms with Gasteiger partial charge in [0, 0.05) is 25.3 Å². The van der Waals surface area contributed by atoms with E-state index in [1.807, 2.05) is 0 Å². The van der Waals surface area contributed by atoms with E-state index in [1.54, 1.807) is 12.1 Å². The minimum Gasteiger partial charge on any atom is -0.378 e. The van der Waals surface area contributed by atoms with E-state index in [2.05, 4.69) is 10.0 Å². The molecule has 1 saturated carbocycles. The standard InChI is InChI=1S/C18H26N2O4S/c21-18-10-7-14-13-16(8-9-17(14)20-18)25(22,23)19-11-4-12-24-15-5-2-1-3-6-15/h8-9,13,15,19H,1-7,10-12H2,(H,20,21). The molecule has 7 heteroatoms. The Morgan fingerprint density at radius 2 is 1.96 bits per heavy atom. The Labute approximate surface area is 149 Å². The van der Waals surface area contributed by atoms with Gasteiger partial charge in [0.2, 0.25) is 15.9 Å². The average Bonchev–Trinajstić information content (AvgIpc) is 2.61. The maximum Gasteiger partial charge on any atom is 0.240 e. The number of fused-ring (bicyclic) bond motifs is 1. The molecule has 1 aliphatic heterocycles. The molecule has 0 spiro atoms. The summed E-state index contributed by atoms with van der Waals surface area (Å²) < 4.78 is 33.3. The van der Waals surface area contributed by atoms with Gasteiger partial charge in [-0.1, -0.05) is 19.3 Å². The summed E-state index contributed by atoms with van der Waals surface area (Å²) in [4.78, 5) is 11.6. The summed E-state index contributed by atoms with van der Waals surface area (Å²) in [5.41, 5.74) is 1.57. The molecule has 1 amide bonds. The lowest BCUT2D eigenvalue weighted by Gasteiger charge is -2.22. The van der Waals surface area contributed by atoms with Crippen LogP contribution in [0, 0.1) is 0 Å². The van der Waals surface area contributed by atoms with E-state index in [9.17, 15) is 13.2 Å². The van der Waals surface area contributed by atoms with E-state index in [-0.39, 0.29) is 10.8 Å². The fraction of sp³-hybridized carbons (Fsp3) is 0.611. The van der Waals surface area contributed by atoms with Crippen LogP contribution in [0.3, 0.4) is 0 Å². The molecule has 138 valence electrons. The first-order valence-electron chi connectivity index (χ1n) is 9.09. The molecular formula is C18H26N2O4S. The number of nitrogens with one attached hydrogen (secondary N) is 2. The van der Waals surface area contributed by atoms with Crippen LogP contribution >= 0.6 is 0 Å². The Balaban J connectivity index is 1.47. The van der Waals surface area contributed by atoms with Crippen LogP contribution in [0.1, 0.15) is 50.5 Å². The van der Waals surface area contributed by atoms with Gasteiger partial charge in [-0.05, 0) is 49.4 Å². The van der Waals surface area contributed by atoms with E-state index in [4.69, 9.17) is 4.74 Å². The number of carbonyl (C=O) groups is 1. The fourth-order valence-corrected chi connectivity index (χ4v) is 4.50. The second-order valence-electron chi connectivity index (χ2n) is 6.75. The van der Waals surface area contributed by atoms with Crippen molar-refractivity contribution < 1.29 is 17.9 Å². The third-order valence-electron chi connectivity index (χ3n) is 4.80. The van der Waals surface area contributed by atoms with Crippen molar-refractivity contribution in [3.8, 4) is 0 Å². The van der Waals surface area contributed by atoms with Crippen molar-refractivity contribution in [1.29, 1.82) is 0 Å². The van der Waals surface area contributed by atoms with E-state index >= 15 is 0 Å². The van der Waals surface area contributed by atoms with E-state index < -0.39 is 10.0 Å². The van der Waals surface area contributed by atoms with Crippen molar-refractivity contribution in [3.05, 3.63) is 23.8 Å². The summed E-state index contributed by atoms with van der Waals surface area (Å²) in [6.45, 7) is 0.951. The second kappa shape index (κ2) is 8.29. The molecular weight excluding hydrogens is 340 g/mol. The molecule has 1 heterocycles. The van der Waals surface area contributed by atoms with Gasteiger partial charge in [-0.3, -0.25) is 4.79 Å². The molecule has 0 atom stereocenters. The second-order valence-corrected chi connectivity index (χ2v) is 8.52. The van der Waals surface area contributed by atoms with Gasteiger partial charge < -0.3 is 10.1 Å². The van der Waals surface area contributed by atoms with Crippen molar-refractivity contribution in [1.82, 2.24) is 4.72 Å². The van der Waals surface area contributed by atoms with Crippen molar-refractivity contribution in [2.45, 2.75) is 62.4 Å². The SMILES string of the molecule is O=C1CCc2cc(S(=O)(=O)NCCCOC3CCCCC3)ccc2N1. The normalized spacial score (nSPS) is 18.6. The summed E-state index contributed by atoms with van der Waals surface area (Å²) in [6, 6.07) is 4.84. The highest BCUT2D eigenvalue weighted by Gasteiger charge is 2.19. The summed E-state index contributed by atoms with van der Waals surface area (Å²) in [7, 11) is -3.53. The van der Waals surface area contributed by atoms with Crippen LogP contribution in [0.5, 0.6) is 0 Å². The quantitative estimate of drug-likeness (QED) is 0.727. The molecule has 0 bridgehead atoms. The van der Waals surface area contributed by atoms with Crippen molar-refractivity contribution in [3.63, 3.8) is 0 Å². The summed E-state index contributed by atoms with van der Waals surface area (Å²) in [6.07, 6.45) is 7.98. The smallest absolute Gasteiger partial charge is 0.240 e. The van der Waals surface area contributed by atoms with Crippen LogP contribution in [0.2, 0.25) is 0 Å². The van der Waals surface area contributed by atoms with Crippen LogP contribution in [0.4, 0.5) is 5.69 Å². The van der Waals surface area contributed by atoms with Gasteiger partial charge in [-0.25, -0.2) is 13.1 Å². The average molecular weight is 366 g/mol. The van der Waals surface area contributed by atoms with Gasteiger partial charge in [-0.2, -0.15) is 0 Å². The number of amides is 1. The number of aryl methyl sites for hydroxylation is 1. The molecule has 1 aromatic rings. The van der Waals surface area contributed by atoms with Gasteiger partial charge in [0.25, 0.3) is 0 Å². The van der Waals surface area contributed by atoms with E-state index in [0.29, 0.717) is 44.2 Å². The molecule has 1 aliphatic carbocycles. The maximum absolute atomic E-state index is 12.4. The first-order valence-corrected chi connectivity index (χ1v) is 10.6. The van der Waals surface area contributed by atoms with Crippen molar-refractivity contribution in [2.24, 2.45) is 0 Å². The summed E-state index contributed by atoms with van der Waals surface area (Å²) in [5.74, 6) is -0.0285. The first-order chi connectivity index (χ1) is 12.0. The van der Waals surface area contributed by atoms with Crippen molar-refractivity contribution >= 4 is 21.6 Å². The number of anilines is 1. The molecule has 0 saturated heterocycles. The van der Waals surface area contributed by atoms with Gasteiger partial charge in [0.05, 0.1) is 11.0 Å². The summed E-state index contributed by atoms with van der Waals surface area (Å²) in [5, 5.41) is 2.76. The zero-order chi connectivity index (χ0) is 17.7. The zero-order valence-electron chi connectivity index (χ0n) is 14.4. The third kappa shape index (κ3) is 5.03. The molecule has 2 aliphatic rings. The Kier molecular flexibility index (Phi) is 6.09. The molecule has 1 fully saturated rings. The van der Waals surface area contributed by atoms with Gasteiger partial charge in [-0.15, -0.1) is 0 Å². The lowest BCUT2D eigenvalue weighted by Crippen LogP contribution is -2.27. The number of sulfonamides is 1. The Morgan fingerprint density at radius 3 is 2.76 bits per heavy atom. The molecule has 2 N–H and O–H groups in total. The summed E-state index contributed by atoms with van der Waals surface area (Å²) >= 11 is 0. The molecule has 6 nitrogen and oxygen atoms in total. The number of carbonyl (C=O) groups excluding carboxylic acids is 1. The highest BCUT2D eigenvalue weighted by Crippen LogP contribution is 2.25. The fourth-order valence-electron chi connectivity index (χ4n) is 3.37. The predicted octanol–water partition coefficient (Wildman–Crippen LogP) is 2.59. The topological polar surface area (TPSA) is 84.5 Å². The number of benzene rings is 1. The minimum absolute atomic E-state index is 0.0285. The maximum atomic E-state index is 12.4. The first kappa shape index (κ1) is 18.4. The molecule has 3 rings (SSSR count). The van der Waals surface area contributed by atoms with Gasteiger partial charge >= 0.3 is 0 Å². The largest absolute Gasteiger partial charge is 0.378 e. The van der Waals surface area contributed by atoms with Crippen LogP contribution in [0.15, 0.2) is 23.1 Å². The molecule has 0 unspecified atom stereocenters. The minimum atomic E-state index is -3.53. The number of ether oxygens (including phenoxy) is 1. The monoisotopic (exact) mass is 366 g/mol. The van der Waals surface area contributed by atoms with E-state index in [1.165, 1.54) is 25.3 Å². The Bertz CT molecular complexity index is 712. The zero-order valence-corrected chi connectivity index (χ0v) is 15.2. The molecule has 0 aromatic heterocycles. The Morgan fingerprint density at radius 1 is 1.16 bits per heavy atom. The van der Waals surface area contributed by atoms with Crippen molar-refractivity contribution in [2.75, 3.05) is 18.5 Å². The van der Waals surface area contributed by atoms with Gasteiger partial charge in [0.15, 0.2) is 0 Å². The molecule has 25 heavy (non-hydrogen) atoms. The lowest BCUT2D eigenvalue weighted by atomic mass is 9.98. The van der Waals surface area contributed by atoms with Gasteiger partial charge in [0.1, 0.15) is 0 Å². The van der Waals surface area contributed by atoms with E-state index in [0.717, 1.165) is 18.4 Å². The highest BCUT2D eigenvalue weighted by molar-refractivity contribution is 7.89. The number of hydrogen-bond acceptors (Lipinski definition) is 4. The highest BCUT2D eigenvalue weighted by atomic mass is 32.2. The number of rotatable bonds is 7. The Hall–Kier alpha value is -1.44. The van der Waals surface area contributed by atoms with Crippen LogP contribution < -0.4 is 10.0 Å². The lowest BCUT2D eigenvalue weighted by molar-refractivity contribution is -0.116. The van der Waals surface area contributed by atoms with Crippen LogP contribution in [0.25, 0.3) is 0 Å². The van der Waals surface area contributed by atoms with Crippen LogP contribution in [-0.4, -0.2) is 33.6 Å². The third-order valence-corrected chi connectivity index (χ3v) is 6.26. The van der Waals surface area contributed by atoms with Crippen LogP contribution in [-0.2, 0) is 26.0 Å². The number of hydrogen-bond donors (Lipinski definition) is 2. The predicted molar refractivity (Wildman–Crippen MR) is 96.0 cm³/mol. The molecule has 1 aromatic carbocycles. The molecule has 0 radical (unpaired) electrons.